The predicted molar refractivity (Wildman–Crippen MR) is 101 cm³/mol. The number of rotatable bonds is 7. The van der Waals surface area contributed by atoms with Gasteiger partial charge in [-0.1, -0.05) is 12.1 Å². The third kappa shape index (κ3) is 4.35. The van der Waals surface area contributed by atoms with Gasteiger partial charge in [0.25, 0.3) is 5.56 Å². The highest BCUT2D eigenvalue weighted by atomic mass is 16.5. The first-order valence-electron chi connectivity index (χ1n) is 8.20. The largest absolute Gasteiger partial charge is 0.497 e. The number of nitrogens with one attached hydrogen (secondary N) is 2. The Bertz CT molecular complexity index is 970. The van der Waals surface area contributed by atoms with Crippen LogP contribution in [0.15, 0.2) is 47.3 Å². The molecule has 3 aromatic rings. The molecule has 0 saturated heterocycles. The van der Waals surface area contributed by atoms with Crippen molar-refractivity contribution >= 4 is 11.6 Å². The van der Waals surface area contributed by atoms with Crippen LogP contribution >= 0.6 is 0 Å². The van der Waals surface area contributed by atoms with Gasteiger partial charge in [-0.3, -0.25) is 9.78 Å². The lowest BCUT2D eigenvalue weighted by Gasteiger charge is -2.10. The summed E-state index contributed by atoms with van der Waals surface area (Å²) in [5.74, 6) is 2.17. The van der Waals surface area contributed by atoms with Crippen molar-refractivity contribution in [1.29, 1.82) is 0 Å². The Hall–Kier alpha value is -3.55. The van der Waals surface area contributed by atoms with Gasteiger partial charge in [-0.05, 0) is 29.8 Å². The van der Waals surface area contributed by atoms with E-state index in [1.165, 1.54) is 0 Å². The van der Waals surface area contributed by atoms with E-state index in [-0.39, 0.29) is 11.5 Å². The Morgan fingerprint density at radius 1 is 0.926 bits per heavy atom. The van der Waals surface area contributed by atoms with Gasteiger partial charge in [-0.2, -0.15) is 0 Å². The second-order valence-electron chi connectivity index (χ2n) is 5.67. The van der Waals surface area contributed by atoms with Gasteiger partial charge in [0.05, 0.1) is 21.3 Å². The van der Waals surface area contributed by atoms with E-state index in [9.17, 15) is 4.79 Å². The lowest BCUT2D eigenvalue weighted by molar-refractivity contribution is 0.355. The van der Waals surface area contributed by atoms with E-state index in [1.807, 2.05) is 24.3 Å². The van der Waals surface area contributed by atoms with E-state index in [1.54, 1.807) is 39.5 Å². The molecule has 0 radical (unpaired) electrons. The minimum absolute atomic E-state index is 0.241. The number of H-pyrrole nitrogens is 1. The number of nitrogens with zero attached hydrogens (tertiary/aromatic N) is 2. The van der Waals surface area contributed by atoms with Crippen LogP contribution in [0, 0.1) is 0 Å². The molecule has 27 heavy (non-hydrogen) atoms. The standard InChI is InChI=1S/C19H20N4O4/c1-25-14-7-4-12(5-8-14)10-15-18(24)21-19(23-22-15)20-13-6-9-16(26-2)17(11-13)27-3/h4-9,11H,10H2,1-3H3,(H2,20,21,23,24). The Kier molecular flexibility index (Phi) is 5.55. The Balaban J connectivity index is 1.75. The number of methoxy groups -OCH3 is 3. The highest BCUT2D eigenvalue weighted by Crippen LogP contribution is 2.30. The summed E-state index contributed by atoms with van der Waals surface area (Å²) in [4.78, 5) is 15.0. The molecule has 0 saturated carbocycles. The zero-order valence-corrected chi connectivity index (χ0v) is 15.3. The number of anilines is 2. The quantitative estimate of drug-likeness (QED) is 0.661. The molecule has 0 spiro atoms. The highest BCUT2D eigenvalue weighted by Gasteiger charge is 2.09. The zero-order valence-electron chi connectivity index (χ0n) is 15.3. The van der Waals surface area contributed by atoms with Gasteiger partial charge < -0.3 is 19.5 Å². The third-order valence-corrected chi connectivity index (χ3v) is 3.94. The minimum Gasteiger partial charge on any atom is -0.497 e. The molecule has 0 fully saturated rings. The summed E-state index contributed by atoms with van der Waals surface area (Å²) in [6, 6.07) is 12.7. The summed E-state index contributed by atoms with van der Waals surface area (Å²) in [5, 5.41) is 11.1. The van der Waals surface area contributed by atoms with Gasteiger partial charge in [0.15, 0.2) is 11.5 Å². The van der Waals surface area contributed by atoms with Crippen molar-refractivity contribution in [3.05, 3.63) is 64.1 Å². The van der Waals surface area contributed by atoms with E-state index in [0.29, 0.717) is 29.3 Å². The molecular formula is C19H20N4O4. The molecular weight excluding hydrogens is 348 g/mol. The van der Waals surface area contributed by atoms with E-state index in [0.717, 1.165) is 11.3 Å². The maximum absolute atomic E-state index is 12.3. The van der Waals surface area contributed by atoms with Crippen LogP contribution in [0.25, 0.3) is 0 Å². The van der Waals surface area contributed by atoms with Gasteiger partial charge in [0, 0.05) is 18.2 Å². The van der Waals surface area contributed by atoms with Crippen LogP contribution in [0.5, 0.6) is 17.2 Å². The van der Waals surface area contributed by atoms with Crippen molar-refractivity contribution in [2.75, 3.05) is 26.6 Å². The number of aromatic nitrogens is 3. The summed E-state index contributed by atoms with van der Waals surface area (Å²) < 4.78 is 15.6. The van der Waals surface area contributed by atoms with Crippen LogP contribution in [-0.2, 0) is 6.42 Å². The molecule has 140 valence electrons. The van der Waals surface area contributed by atoms with Crippen LogP contribution < -0.4 is 25.1 Å². The molecule has 0 atom stereocenters. The maximum atomic E-state index is 12.3. The van der Waals surface area contributed by atoms with Gasteiger partial charge in [-0.15, -0.1) is 10.2 Å². The Labute approximate surface area is 156 Å². The number of aromatic amines is 1. The zero-order chi connectivity index (χ0) is 19.2. The van der Waals surface area contributed by atoms with Crippen molar-refractivity contribution in [3.63, 3.8) is 0 Å². The molecule has 0 unspecified atom stereocenters. The number of ether oxygens (including phenoxy) is 3. The van der Waals surface area contributed by atoms with Crippen LogP contribution in [0.1, 0.15) is 11.3 Å². The molecule has 1 heterocycles. The lowest BCUT2D eigenvalue weighted by atomic mass is 10.1. The monoisotopic (exact) mass is 368 g/mol. The fourth-order valence-corrected chi connectivity index (χ4v) is 2.52. The van der Waals surface area contributed by atoms with Crippen LogP contribution in [-0.4, -0.2) is 36.5 Å². The highest BCUT2D eigenvalue weighted by molar-refractivity contribution is 5.59. The maximum Gasteiger partial charge on any atom is 0.274 e. The first kappa shape index (κ1) is 18.2. The van der Waals surface area contributed by atoms with Crippen molar-refractivity contribution < 1.29 is 14.2 Å². The van der Waals surface area contributed by atoms with Crippen molar-refractivity contribution in [2.24, 2.45) is 0 Å². The second kappa shape index (κ2) is 8.22. The normalized spacial score (nSPS) is 10.3. The fraction of sp³-hybridized carbons (Fsp3) is 0.211. The summed E-state index contributed by atoms with van der Waals surface area (Å²) in [6.07, 6.45) is 0.378. The summed E-state index contributed by atoms with van der Waals surface area (Å²) in [6.45, 7) is 0. The summed E-state index contributed by atoms with van der Waals surface area (Å²) in [5.41, 5.74) is 1.65. The molecule has 0 aliphatic carbocycles. The van der Waals surface area contributed by atoms with Crippen LogP contribution in [0.2, 0.25) is 0 Å². The molecule has 0 aliphatic heterocycles. The average Bonchev–Trinajstić information content (AvgIpc) is 2.70. The molecule has 8 nitrogen and oxygen atoms in total. The first-order valence-corrected chi connectivity index (χ1v) is 8.20. The molecule has 3 rings (SSSR count). The van der Waals surface area contributed by atoms with E-state index >= 15 is 0 Å². The number of hydrogen-bond acceptors (Lipinski definition) is 7. The SMILES string of the molecule is COc1ccc(Cc2nnc(Nc3ccc(OC)c(OC)c3)[nH]c2=O)cc1. The Morgan fingerprint density at radius 2 is 1.67 bits per heavy atom. The van der Waals surface area contributed by atoms with E-state index in [2.05, 4.69) is 20.5 Å². The second-order valence-corrected chi connectivity index (χ2v) is 5.67. The first-order chi connectivity index (χ1) is 13.1. The molecule has 2 N–H and O–H groups in total. The molecule has 0 aliphatic rings. The lowest BCUT2D eigenvalue weighted by Crippen LogP contribution is -2.18. The molecule has 8 heteroatoms. The van der Waals surface area contributed by atoms with Gasteiger partial charge in [-0.25, -0.2) is 0 Å². The average molecular weight is 368 g/mol. The van der Waals surface area contributed by atoms with E-state index in [4.69, 9.17) is 14.2 Å². The summed E-state index contributed by atoms with van der Waals surface area (Å²) in [7, 11) is 4.72. The van der Waals surface area contributed by atoms with E-state index < -0.39 is 0 Å². The third-order valence-electron chi connectivity index (χ3n) is 3.94. The summed E-state index contributed by atoms with van der Waals surface area (Å²) >= 11 is 0. The predicted octanol–water partition coefficient (Wildman–Crippen LogP) is 2.53. The minimum atomic E-state index is -0.302. The Morgan fingerprint density at radius 3 is 2.30 bits per heavy atom. The smallest absolute Gasteiger partial charge is 0.274 e. The van der Waals surface area contributed by atoms with Crippen LogP contribution in [0.4, 0.5) is 11.6 Å². The van der Waals surface area contributed by atoms with Crippen molar-refractivity contribution in [3.8, 4) is 17.2 Å². The van der Waals surface area contributed by atoms with Crippen molar-refractivity contribution in [1.82, 2.24) is 15.2 Å². The van der Waals surface area contributed by atoms with Gasteiger partial charge in [0.2, 0.25) is 5.95 Å². The fourth-order valence-electron chi connectivity index (χ4n) is 2.52. The van der Waals surface area contributed by atoms with Crippen molar-refractivity contribution in [2.45, 2.75) is 6.42 Å². The topological polar surface area (TPSA) is 98.4 Å². The molecule has 0 amide bonds. The van der Waals surface area contributed by atoms with Gasteiger partial charge in [0.1, 0.15) is 11.4 Å². The molecule has 1 aromatic heterocycles. The molecule has 2 aromatic carbocycles. The van der Waals surface area contributed by atoms with Crippen LogP contribution in [0.3, 0.4) is 0 Å². The molecule has 0 bridgehead atoms. The number of hydrogen-bond donors (Lipinski definition) is 2. The van der Waals surface area contributed by atoms with Gasteiger partial charge >= 0.3 is 0 Å². The number of benzene rings is 2.